The van der Waals surface area contributed by atoms with Crippen molar-refractivity contribution < 1.29 is 9.53 Å². The van der Waals surface area contributed by atoms with Gasteiger partial charge in [0.2, 0.25) is 5.91 Å². The Hall–Kier alpha value is -1.55. The lowest BCUT2D eigenvalue weighted by Gasteiger charge is -2.24. The van der Waals surface area contributed by atoms with Crippen LogP contribution in [0.25, 0.3) is 0 Å². The highest BCUT2D eigenvalue weighted by molar-refractivity contribution is 5.95. The van der Waals surface area contributed by atoms with Crippen LogP contribution in [0.2, 0.25) is 0 Å². The van der Waals surface area contributed by atoms with E-state index >= 15 is 0 Å². The third-order valence-electron chi connectivity index (χ3n) is 4.49. The molecule has 1 aliphatic rings. The standard InChI is InChI=1S/C18H28N2O2/c1-4-14-9-8-11-15(14)19-13(3)18(21)20-16-10-6-7-12-17(16)22-5-2/h6-7,10,12-15,19H,4-5,8-9,11H2,1-3H3,(H,20,21)/t13-,14-,15-/m0/s1. The quantitative estimate of drug-likeness (QED) is 0.809. The molecule has 22 heavy (non-hydrogen) atoms. The predicted molar refractivity (Wildman–Crippen MR) is 90.3 cm³/mol. The molecule has 1 aromatic rings. The van der Waals surface area contributed by atoms with Gasteiger partial charge in [-0.1, -0.05) is 31.9 Å². The Kier molecular flexibility index (Phi) is 6.25. The molecule has 4 nitrogen and oxygen atoms in total. The fourth-order valence-electron chi connectivity index (χ4n) is 3.23. The largest absolute Gasteiger partial charge is 0.492 e. The maximum absolute atomic E-state index is 12.4. The Balaban J connectivity index is 1.94. The minimum Gasteiger partial charge on any atom is -0.492 e. The molecule has 0 spiro atoms. The number of hydrogen-bond acceptors (Lipinski definition) is 3. The van der Waals surface area contributed by atoms with Crippen molar-refractivity contribution in [2.45, 2.75) is 58.5 Å². The van der Waals surface area contributed by atoms with Crippen molar-refractivity contribution in [2.24, 2.45) is 5.92 Å². The monoisotopic (exact) mass is 304 g/mol. The number of rotatable bonds is 7. The van der Waals surface area contributed by atoms with E-state index in [1.54, 1.807) is 0 Å². The van der Waals surface area contributed by atoms with Crippen molar-refractivity contribution in [3.63, 3.8) is 0 Å². The number of amides is 1. The summed E-state index contributed by atoms with van der Waals surface area (Å²) in [6, 6.07) is 7.83. The average molecular weight is 304 g/mol. The summed E-state index contributed by atoms with van der Waals surface area (Å²) < 4.78 is 5.55. The Morgan fingerprint density at radius 2 is 2.09 bits per heavy atom. The van der Waals surface area contributed by atoms with E-state index in [0.717, 1.165) is 11.4 Å². The number of carbonyl (C=O) groups excluding carboxylic acids is 1. The van der Waals surface area contributed by atoms with Crippen LogP contribution < -0.4 is 15.4 Å². The van der Waals surface area contributed by atoms with E-state index in [-0.39, 0.29) is 11.9 Å². The van der Waals surface area contributed by atoms with Crippen molar-refractivity contribution in [3.8, 4) is 5.75 Å². The highest BCUT2D eigenvalue weighted by atomic mass is 16.5. The first-order valence-electron chi connectivity index (χ1n) is 8.44. The summed E-state index contributed by atoms with van der Waals surface area (Å²) >= 11 is 0. The number of carbonyl (C=O) groups is 1. The van der Waals surface area contributed by atoms with Gasteiger partial charge < -0.3 is 15.4 Å². The van der Waals surface area contributed by atoms with Crippen LogP contribution in [0.5, 0.6) is 5.75 Å². The highest BCUT2D eigenvalue weighted by Gasteiger charge is 2.28. The Morgan fingerprint density at radius 1 is 1.32 bits per heavy atom. The van der Waals surface area contributed by atoms with Gasteiger partial charge in [0.05, 0.1) is 18.3 Å². The maximum Gasteiger partial charge on any atom is 0.241 e. The SMILES string of the molecule is CCOc1ccccc1NC(=O)[C@H](C)N[C@H]1CCC[C@@H]1CC. The molecule has 2 N–H and O–H groups in total. The molecule has 1 amide bonds. The molecule has 1 aromatic carbocycles. The smallest absolute Gasteiger partial charge is 0.241 e. The summed E-state index contributed by atoms with van der Waals surface area (Å²) in [5.74, 6) is 1.41. The van der Waals surface area contributed by atoms with Gasteiger partial charge in [-0.3, -0.25) is 4.79 Å². The van der Waals surface area contributed by atoms with Gasteiger partial charge in [-0.2, -0.15) is 0 Å². The third-order valence-corrected chi connectivity index (χ3v) is 4.49. The van der Waals surface area contributed by atoms with Crippen LogP contribution >= 0.6 is 0 Å². The lowest BCUT2D eigenvalue weighted by atomic mass is 10.00. The molecular formula is C18H28N2O2. The lowest BCUT2D eigenvalue weighted by molar-refractivity contribution is -0.118. The number of hydrogen-bond donors (Lipinski definition) is 2. The van der Waals surface area contributed by atoms with Gasteiger partial charge >= 0.3 is 0 Å². The van der Waals surface area contributed by atoms with Gasteiger partial charge in [0.15, 0.2) is 0 Å². The topological polar surface area (TPSA) is 50.4 Å². The van der Waals surface area contributed by atoms with Gasteiger partial charge in [-0.05, 0) is 44.7 Å². The number of benzene rings is 1. The molecule has 2 rings (SSSR count). The van der Waals surface area contributed by atoms with E-state index in [9.17, 15) is 4.79 Å². The summed E-state index contributed by atoms with van der Waals surface area (Å²) in [4.78, 5) is 12.4. The van der Waals surface area contributed by atoms with E-state index in [1.165, 1.54) is 25.7 Å². The second-order valence-electron chi connectivity index (χ2n) is 6.01. The first kappa shape index (κ1) is 16.8. The normalized spacial score (nSPS) is 22.3. The van der Waals surface area contributed by atoms with Crippen LogP contribution in [0.15, 0.2) is 24.3 Å². The number of anilines is 1. The van der Waals surface area contributed by atoms with Gasteiger partial charge in [0.25, 0.3) is 0 Å². The molecule has 0 aliphatic heterocycles. The molecule has 122 valence electrons. The molecule has 0 saturated heterocycles. The fourth-order valence-corrected chi connectivity index (χ4v) is 3.23. The van der Waals surface area contributed by atoms with Crippen LogP contribution in [-0.4, -0.2) is 24.6 Å². The van der Waals surface area contributed by atoms with Crippen molar-refractivity contribution in [1.29, 1.82) is 0 Å². The van der Waals surface area contributed by atoms with Gasteiger partial charge in [-0.25, -0.2) is 0 Å². The second-order valence-corrected chi connectivity index (χ2v) is 6.01. The summed E-state index contributed by atoms with van der Waals surface area (Å²) in [6.07, 6.45) is 4.89. The molecule has 0 aromatic heterocycles. The van der Waals surface area contributed by atoms with Crippen molar-refractivity contribution >= 4 is 11.6 Å². The molecule has 0 unspecified atom stereocenters. The Labute approximate surface area is 133 Å². The molecule has 1 saturated carbocycles. The van der Waals surface area contributed by atoms with E-state index < -0.39 is 0 Å². The molecule has 1 fully saturated rings. The molecule has 4 heteroatoms. The third kappa shape index (κ3) is 4.23. The number of nitrogens with one attached hydrogen (secondary N) is 2. The zero-order valence-electron chi connectivity index (χ0n) is 13.9. The highest BCUT2D eigenvalue weighted by Crippen LogP contribution is 2.28. The number of ether oxygens (including phenoxy) is 1. The lowest BCUT2D eigenvalue weighted by Crippen LogP contribution is -2.45. The average Bonchev–Trinajstić information content (AvgIpc) is 2.96. The van der Waals surface area contributed by atoms with E-state index in [1.807, 2.05) is 38.1 Å². The van der Waals surface area contributed by atoms with Crippen molar-refractivity contribution in [3.05, 3.63) is 24.3 Å². The molecule has 3 atom stereocenters. The summed E-state index contributed by atoms with van der Waals surface area (Å²) in [5.41, 5.74) is 0.737. The summed E-state index contributed by atoms with van der Waals surface area (Å²) in [5, 5.41) is 6.47. The maximum atomic E-state index is 12.4. The summed E-state index contributed by atoms with van der Waals surface area (Å²) in [6.45, 7) is 6.69. The van der Waals surface area contributed by atoms with Gasteiger partial charge in [-0.15, -0.1) is 0 Å². The van der Waals surface area contributed by atoms with Crippen LogP contribution in [-0.2, 0) is 4.79 Å². The van der Waals surface area contributed by atoms with Crippen LogP contribution in [0.3, 0.4) is 0 Å². The fraction of sp³-hybridized carbons (Fsp3) is 0.611. The molecule has 0 radical (unpaired) electrons. The van der Waals surface area contributed by atoms with Crippen molar-refractivity contribution in [2.75, 3.05) is 11.9 Å². The van der Waals surface area contributed by atoms with Crippen LogP contribution in [0.4, 0.5) is 5.69 Å². The van der Waals surface area contributed by atoms with E-state index in [2.05, 4.69) is 17.6 Å². The van der Waals surface area contributed by atoms with Crippen molar-refractivity contribution in [1.82, 2.24) is 5.32 Å². The zero-order chi connectivity index (χ0) is 15.9. The van der Waals surface area contributed by atoms with Gasteiger partial charge in [0, 0.05) is 6.04 Å². The van der Waals surface area contributed by atoms with Gasteiger partial charge in [0.1, 0.15) is 5.75 Å². The van der Waals surface area contributed by atoms with Crippen LogP contribution in [0, 0.1) is 5.92 Å². The zero-order valence-corrected chi connectivity index (χ0v) is 13.9. The minimum atomic E-state index is -0.202. The molecule has 0 bridgehead atoms. The summed E-state index contributed by atoms with van der Waals surface area (Å²) in [7, 11) is 0. The first-order chi connectivity index (χ1) is 10.7. The van der Waals surface area contributed by atoms with E-state index in [0.29, 0.717) is 18.6 Å². The molecule has 0 heterocycles. The van der Waals surface area contributed by atoms with Crippen LogP contribution in [0.1, 0.15) is 46.5 Å². The second kappa shape index (κ2) is 8.18. The molecular weight excluding hydrogens is 276 g/mol. The molecule has 1 aliphatic carbocycles. The first-order valence-corrected chi connectivity index (χ1v) is 8.44. The Morgan fingerprint density at radius 3 is 2.82 bits per heavy atom. The predicted octanol–water partition coefficient (Wildman–Crippen LogP) is 3.58. The Bertz CT molecular complexity index is 490. The number of para-hydroxylation sites is 2. The minimum absolute atomic E-state index is 0.00564. The van der Waals surface area contributed by atoms with E-state index in [4.69, 9.17) is 4.74 Å².